The number of nitrogens with zero attached hydrogens (tertiary/aromatic N) is 1. The molecule has 2 nitrogen and oxygen atoms in total. The van der Waals surface area contributed by atoms with Crippen LogP contribution < -0.4 is 0 Å². The lowest BCUT2D eigenvalue weighted by molar-refractivity contribution is 0.674. The van der Waals surface area contributed by atoms with Crippen molar-refractivity contribution in [2.75, 3.05) is 5.75 Å². The van der Waals surface area contributed by atoms with E-state index in [1.807, 2.05) is 24.4 Å². The Kier molecular flexibility index (Phi) is 4.85. The molecule has 0 bridgehead atoms. The van der Waals surface area contributed by atoms with Gasteiger partial charge in [-0.25, -0.2) is 0 Å². The van der Waals surface area contributed by atoms with E-state index in [1.54, 1.807) is 11.3 Å². The molecule has 76 valence electrons. The van der Waals surface area contributed by atoms with Crippen LogP contribution in [0.1, 0.15) is 29.9 Å². The molecule has 0 aliphatic rings. The molecule has 2 atom stereocenters. The number of rotatable bonds is 5. The van der Waals surface area contributed by atoms with Crippen LogP contribution in [0.4, 0.5) is 0 Å². The highest BCUT2D eigenvalue weighted by molar-refractivity contribution is 7.85. The first kappa shape index (κ1) is 11.4. The molecule has 0 aliphatic carbocycles. The third-order valence-electron chi connectivity index (χ3n) is 1.97. The molecule has 0 radical (unpaired) electrons. The summed E-state index contributed by atoms with van der Waals surface area (Å²) in [5.41, 5.74) is 0. The Morgan fingerprint density at radius 1 is 1.71 bits per heavy atom. The SMILES string of the molecule is C[C@@H](c1cccs1)[S@@](=O)CCCC#N. The van der Waals surface area contributed by atoms with E-state index in [9.17, 15) is 4.21 Å². The number of nitriles is 1. The van der Waals surface area contributed by atoms with E-state index in [0.717, 1.165) is 6.42 Å². The number of thiophene rings is 1. The monoisotopic (exact) mass is 227 g/mol. The fraction of sp³-hybridized carbons (Fsp3) is 0.500. The maximum absolute atomic E-state index is 11.7. The van der Waals surface area contributed by atoms with Gasteiger partial charge in [-0.2, -0.15) is 5.26 Å². The molecule has 0 fully saturated rings. The molecule has 0 N–H and O–H groups in total. The summed E-state index contributed by atoms with van der Waals surface area (Å²) in [4.78, 5) is 1.17. The Labute approximate surface area is 91.0 Å². The third-order valence-corrected chi connectivity index (χ3v) is 4.91. The van der Waals surface area contributed by atoms with Gasteiger partial charge in [0.25, 0.3) is 0 Å². The molecule has 0 aromatic carbocycles. The minimum atomic E-state index is -0.836. The molecule has 1 rings (SSSR count). The lowest BCUT2D eigenvalue weighted by Crippen LogP contribution is -2.05. The zero-order chi connectivity index (χ0) is 10.4. The first-order valence-electron chi connectivity index (χ1n) is 4.53. The summed E-state index contributed by atoms with van der Waals surface area (Å²) in [7, 11) is -0.836. The highest BCUT2D eigenvalue weighted by Crippen LogP contribution is 2.24. The minimum Gasteiger partial charge on any atom is -0.259 e. The van der Waals surface area contributed by atoms with Crippen LogP contribution in [0.5, 0.6) is 0 Å². The van der Waals surface area contributed by atoms with Gasteiger partial charge in [0.15, 0.2) is 0 Å². The average molecular weight is 227 g/mol. The standard InChI is InChI=1S/C10H13NOS2/c1-9(10-5-4-7-13-10)14(12)8-3-2-6-11/h4-5,7,9H,2-3,8H2,1H3/t9-,14-/m0/s1. The predicted octanol–water partition coefficient (Wildman–Crippen LogP) is 2.86. The molecule has 0 amide bonds. The summed E-state index contributed by atoms with van der Waals surface area (Å²) in [5, 5.41) is 10.5. The van der Waals surface area contributed by atoms with Crippen molar-refractivity contribution in [2.24, 2.45) is 0 Å². The molecular formula is C10H13NOS2. The van der Waals surface area contributed by atoms with Crippen molar-refractivity contribution in [2.45, 2.75) is 25.0 Å². The zero-order valence-electron chi connectivity index (χ0n) is 8.10. The Balaban J connectivity index is 2.42. The van der Waals surface area contributed by atoms with Gasteiger partial charge in [-0.3, -0.25) is 4.21 Å². The summed E-state index contributed by atoms with van der Waals surface area (Å²) < 4.78 is 11.7. The fourth-order valence-corrected chi connectivity index (χ4v) is 3.39. The van der Waals surface area contributed by atoms with Crippen LogP contribution in [0.2, 0.25) is 0 Å². The van der Waals surface area contributed by atoms with E-state index in [4.69, 9.17) is 5.26 Å². The van der Waals surface area contributed by atoms with Gasteiger partial charge in [0.1, 0.15) is 0 Å². The van der Waals surface area contributed by atoms with Crippen LogP contribution in [-0.2, 0) is 10.8 Å². The maximum atomic E-state index is 11.7. The predicted molar refractivity (Wildman–Crippen MR) is 60.6 cm³/mol. The first-order valence-corrected chi connectivity index (χ1v) is 6.79. The summed E-state index contributed by atoms with van der Waals surface area (Å²) in [6, 6.07) is 6.05. The van der Waals surface area contributed by atoms with Crippen LogP contribution >= 0.6 is 11.3 Å². The average Bonchev–Trinajstić information content (AvgIpc) is 2.69. The number of unbranched alkanes of at least 4 members (excludes halogenated alkanes) is 1. The summed E-state index contributed by atoms with van der Waals surface area (Å²) >= 11 is 1.64. The van der Waals surface area contributed by atoms with Gasteiger partial charge in [-0.05, 0) is 24.8 Å². The summed E-state index contributed by atoms with van der Waals surface area (Å²) in [5.74, 6) is 0.632. The number of hydrogen-bond donors (Lipinski definition) is 0. The van der Waals surface area contributed by atoms with E-state index < -0.39 is 10.8 Å². The van der Waals surface area contributed by atoms with Crippen LogP contribution in [0.3, 0.4) is 0 Å². The fourth-order valence-electron chi connectivity index (χ4n) is 1.12. The number of hydrogen-bond acceptors (Lipinski definition) is 3. The molecule has 4 heteroatoms. The van der Waals surface area contributed by atoms with Gasteiger partial charge in [0.05, 0.1) is 11.3 Å². The van der Waals surface area contributed by atoms with Crippen LogP contribution in [0, 0.1) is 11.3 Å². The lowest BCUT2D eigenvalue weighted by Gasteiger charge is -2.07. The molecule has 0 saturated heterocycles. The van der Waals surface area contributed by atoms with E-state index in [0.29, 0.717) is 12.2 Å². The van der Waals surface area contributed by atoms with Crippen LogP contribution in [0.15, 0.2) is 17.5 Å². The molecule has 14 heavy (non-hydrogen) atoms. The van der Waals surface area contributed by atoms with Gasteiger partial charge in [-0.15, -0.1) is 11.3 Å². The second-order valence-electron chi connectivity index (χ2n) is 3.00. The van der Waals surface area contributed by atoms with Gasteiger partial charge in [0, 0.05) is 27.9 Å². The maximum Gasteiger partial charge on any atom is 0.0662 e. The molecular weight excluding hydrogens is 214 g/mol. The van der Waals surface area contributed by atoms with Crippen molar-refractivity contribution in [3.05, 3.63) is 22.4 Å². The largest absolute Gasteiger partial charge is 0.259 e. The van der Waals surface area contributed by atoms with Gasteiger partial charge in [-0.1, -0.05) is 6.07 Å². The molecule has 1 aromatic heterocycles. The van der Waals surface area contributed by atoms with E-state index in [2.05, 4.69) is 6.07 Å². The van der Waals surface area contributed by atoms with Crippen LogP contribution in [0.25, 0.3) is 0 Å². The molecule has 0 unspecified atom stereocenters. The zero-order valence-corrected chi connectivity index (χ0v) is 9.74. The first-order chi connectivity index (χ1) is 6.75. The minimum absolute atomic E-state index is 0.105. The van der Waals surface area contributed by atoms with Crippen molar-refractivity contribution in [3.8, 4) is 6.07 Å². The smallest absolute Gasteiger partial charge is 0.0662 e. The Morgan fingerprint density at radius 3 is 3.07 bits per heavy atom. The Bertz CT molecular complexity index is 326. The van der Waals surface area contributed by atoms with E-state index in [1.165, 1.54) is 4.88 Å². The lowest BCUT2D eigenvalue weighted by atomic mass is 10.4. The Morgan fingerprint density at radius 2 is 2.50 bits per heavy atom. The topological polar surface area (TPSA) is 40.9 Å². The highest BCUT2D eigenvalue weighted by Gasteiger charge is 2.13. The molecule has 1 aromatic rings. The Hall–Kier alpha value is -0.660. The van der Waals surface area contributed by atoms with Crippen molar-refractivity contribution in [1.82, 2.24) is 0 Å². The second kappa shape index (κ2) is 5.94. The highest BCUT2D eigenvalue weighted by atomic mass is 32.2. The van der Waals surface area contributed by atoms with Gasteiger partial charge in [0.2, 0.25) is 0 Å². The summed E-state index contributed by atoms with van der Waals surface area (Å²) in [6.07, 6.45) is 1.24. The molecule has 0 saturated carbocycles. The van der Waals surface area contributed by atoms with Crippen molar-refractivity contribution >= 4 is 22.1 Å². The van der Waals surface area contributed by atoms with Gasteiger partial charge < -0.3 is 0 Å². The van der Waals surface area contributed by atoms with Crippen molar-refractivity contribution in [1.29, 1.82) is 5.26 Å². The molecule has 1 heterocycles. The van der Waals surface area contributed by atoms with E-state index in [-0.39, 0.29) is 5.25 Å². The van der Waals surface area contributed by atoms with Gasteiger partial charge >= 0.3 is 0 Å². The third kappa shape index (κ3) is 3.24. The molecule has 0 spiro atoms. The van der Waals surface area contributed by atoms with Crippen LogP contribution in [-0.4, -0.2) is 9.96 Å². The van der Waals surface area contributed by atoms with E-state index >= 15 is 0 Å². The molecule has 0 aliphatic heterocycles. The second-order valence-corrected chi connectivity index (χ2v) is 5.86. The van der Waals surface area contributed by atoms with Crippen molar-refractivity contribution < 1.29 is 4.21 Å². The van der Waals surface area contributed by atoms with Crippen molar-refractivity contribution in [3.63, 3.8) is 0 Å². The summed E-state index contributed by atoms with van der Waals surface area (Å²) in [6.45, 7) is 1.98. The quantitative estimate of drug-likeness (QED) is 0.726. The normalized spacial score (nSPS) is 14.6.